The quantitative estimate of drug-likeness (QED) is 0.773. The third-order valence-electron chi connectivity index (χ3n) is 2.06. The van der Waals surface area contributed by atoms with Gasteiger partial charge in [0.15, 0.2) is 0 Å². The lowest BCUT2D eigenvalue weighted by Crippen LogP contribution is -2.00. The number of hydrogen-bond donors (Lipinski definition) is 0. The Hall–Kier alpha value is -0.610. The molecule has 0 saturated carbocycles. The molecule has 0 N–H and O–H groups in total. The summed E-state index contributed by atoms with van der Waals surface area (Å²) < 4.78 is 34.9. The van der Waals surface area contributed by atoms with E-state index in [1.165, 1.54) is 6.07 Å². The lowest BCUT2D eigenvalue weighted by Gasteiger charge is -2.08. The van der Waals surface area contributed by atoms with Gasteiger partial charge in [0, 0.05) is 16.2 Å². The zero-order valence-electron chi connectivity index (χ0n) is 8.50. The standard InChI is InChI=1S/C10H12ClFO2S/c1-7(2)8-3-4-10(12)9(5-8)6-15(11,13)14/h3-5,7H,6H2,1-2H3. The maximum Gasteiger partial charge on any atom is 0.236 e. The largest absolute Gasteiger partial charge is 0.236 e. The van der Waals surface area contributed by atoms with Crippen molar-refractivity contribution in [2.75, 3.05) is 0 Å². The first-order chi connectivity index (χ1) is 6.79. The van der Waals surface area contributed by atoms with Crippen molar-refractivity contribution in [2.45, 2.75) is 25.5 Å². The fourth-order valence-electron chi connectivity index (χ4n) is 1.25. The maximum absolute atomic E-state index is 13.2. The minimum Gasteiger partial charge on any atom is -0.212 e. The fraction of sp³-hybridized carbons (Fsp3) is 0.400. The topological polar surface area (TPSA) is 34.1 Å². The Bertz CT molecular complexity index is 454. The van der Waals surface area contributed by atoms with Gasteiger partial charge < -0.3 is 0 Å². The van der Waals surface area contributed by atoms with Crippen LogP contribution in [0.3, 0.4) is 0 Å². The molecule has 0 spiro atoms. The molecule has 0 heterocycles. The van der Waals surface area contributed by atoms with E-state index in [-0.39, 0.29) is 11.5 Å². The molecule has 0 bridgehead atoms. The molecule has 15 heavy (non-hydrogen) atoms. The van der Waals surface area contributed by atoms with Crippen LogP contribution in [0.4, 0.5) is 4.39 Å². The Morgan fingerprint density at radius 1 is 1.40 bits per heavy atom. The molecular formula is C10H12ClFO2S. The first kappa shape index (κ1) is 12.5. The Morgan fingerprint density at radius 2 is 2.00 bits per heavy atom. The van der Waals surface area contributed by atoms with Crippen LogP contribution in [0.15, 0.2) is 18.2 Å². The molecule has 84 valence electrons. The third-order valence-corrected chi connectivity index (χ3v) is 3.05. The Labute approximate surface area is 93.5 Å². The highest BCUT2D eigenvalue weighted by molar-refractivity contribution is 8.13. The second-order valence-corrected chi connectivity index (χ2v) is 6.47. The smallest absolute Gasteiger partial charge is 0.212 e. The van der Waals surface area contributed by atoms with Gasteiger partial charge in [0.1, 0.15) is 5.82 Å². The summed E-state index contributed by atoms with van der Waals surface area (Å²) in [5.74, 6) is -0.785. The first-order valence-corrected chi connectivity index (χ1v) is 6.98. The van der Waals surface area contributed by atoms with Crippen LogP contribution in [-0.4, -0.2) is 8.42 Å². The Morgan fingerprint density at radius 3 is 2.47 bits per heavy atom. The molecule has 0 atom stereocenters. The summed E-state index contributed by atoms with van der Waals surface area (Å²) in [5, 5.41) is 0. The summed E-state index contributed by atoms with van der Waals surface area (Å²) in [4.78, 5) is 0. The maximum atomic E-state index is 13.2. The molecule has 0 aliphatic heterocycles. The average molecular weight is 251 g/mol. The molecular weight excluding hydrogens is 239 g/mol. The highest BCUT2D eigenvalue weighted by Gasteiger charge is 2.13. The third kappa shape index (κ3) is 3.80. The van der Waals surface area contributed by atoms with Crippen molar-refractivity contribution in [1.29, 1.82) is 0 Å². The van der Waals surface area contributed by atoms with Gasteiger partial charge in [-0.3, -0.25) is 0 Å². The monoisotopic (exact) mass is 250 g/mol. The fourth-order valence-corrected chi connectivity index (χ4v) is 2.20. The van der Waals surface area contributed by atoms with Crippen LogP contribution in [-0.2, 0) is 14.8 Å². The van der Waals surface area contributed by atoms with Gasteiger partial charge in [-0.05, 0) is 17.5 Å². The van der Waals surface area contributed by atoms with E-state index in [1.54, 1.807) is 12.1 Å². The summed E-state index contributed by atoms with van der Waals surface area (Å²) in [6.07, 6.45) is 0. The van der Waals surface area contributed by atoms with E-state index in [9.17, 15) is 12.8 Å². The summed E-state index contributed by atoms with van der Waals surface area (Å²) in [7, 11) is 1.37. The molecule has 1 aromatic rings. The summed E-state index contributed by atoms with van der Waals surface area (Å²) >= 11 is 0. The van der Waals surface area contributed by atoms with Crippen LogP contribution >= 0.6 is 10.7 Å². The first-order valence-electron chi connectivity index (χ1n) is 4.50. The van der Waals surface area contributed by atoms with Gasteiger partial charge in [0.05, 0.1) is 5.75 Å². The second kappa shape index (κ2) is 4.49. The number of benzene rings is 1. The van der Waals surface area contributed by atoms with E-state index >= 15 is 0 Å². The second-order valence-electron chi connectivity index (χ2n) is 3.69. The van der Waals surface area contributed by atoms with E-state index < -0.39 is 20.6 Å². The van der Waals surface area contributed by atoms with Gasteiger partial charge in [-0.15, -0.1) is 0 Å². The molecule has 0 aromatic heterocycles. The van der Waals surface area contributed by atoms with Crippen LogP contribution in [0.25, 0.3) is 0 Å². The van der Waals surface area contributed by atoms with Crippen LogP contribution in [0.5, 0.6) is 0 Å². The van der Waals surface area contributed by atoms with Gasteiger partial charge in [0.2, 0.25) is 9.05 Å². The zero-order chi connectivity index (χ0) is 11.6. The highest BCUT2D eigenvalue weighted by Crippen LogP contribution is 2.20. The van der Waals surface area contributed by atoms with Gasteiger partial charge in [-0.25, -0.2) is 12.8 Å². The van der Waals surface area contributed by atoms with Gasteiger partial charge in [0.25, 0.3) is 0 Å². The van der Waals surface area contributed by atoms with Crippen molar-refractivity contribution in [3.05, 3.63) is 35.1 Å². The van der Waals surface area contributed by atoms with Crippen LogP contribution in [0, 0.1) is 5.82 Å². The SMILES string of the molecule is CC(C)c1ccc(F)c(CS(=O)(=O)Cl)c1. The number of halogens is 2. The number of hydrogen-bond acceptors (Lipinski definition) is 2. The van der Waals surface area contributed by atoms with Crippen molar-refractivity contribution in [3.63, 3.8) is 0 Å². The van der Waals surface area contributed by atoms with Crippen LogP contribution in [0.1, 0.15) is 30.9 Å². The molecule has 0 fully saturated rings. The summed E-state index contributed by atoms with van der Waals surface area (Å²) in [5.41, 5.74) is 1.02. The van der Waals surface area contributed by atoms with E-state index in [2.05, 4.69) is 0 Å². The lowest BCUT2D eigenvalue weighted by molar-refractivity contribution is 0.596. The molecule has 0 saturated heterocycles. The highest BCUT2D eigenvalue weighted by atomic mass is 35.7. The molecule has 0 aliphatic rings. The minimum absolute atomic E-state index is 0.121. The van der Waals surface area contributed by atoms with Crippen molar-refractivity contribution in [2.24, 2.45) is 0 Å². The predicted molar refractivity (Wildman–Crippen MR) is 59.0 cm³/mol. The van der Waals surface area contributed by atoms with Crippen molar-refractivity contribution in [3.8, 4) is 0 Å². The van der Waals surface area contributed by atoms with E-state index in [0.717, 1.165) is 5.56 Å². The van der Waals surface area contributed by atoms with Crippen LogP contribution in [0.2, 0.25) is 0 Å². The van der Waals surface area contributed by atoms with Crippen molar-refractivity contribution in [1.82, 2.24) is 0 Å². The van der Waals surface area contributed by atoms with Gasteiger partial charge in [-0.1, -0.05) is 26.0 Å². The minimum atomic E-state index is -3.71. The summed E-state index contributed by atoms with van der Waals surface area (Å²) in [6.45, 7) is 3.90. The normalized spacial score (nSPS) is 12.1. The molecule has 0 radical (unpaired) electrons. The van der Waals surface area contributed by atoms with Crippen molar-refractivity contribution < 1.29 is 12.8 Å². The van der Waals surface area contributed by atoms with E-state index in [4.69, 9.17) is 10.7 Å². The van der Waals surface area contributed by atoms with Crippen LogP contribution < -0.4 is 0 Å². The van der Waals surface area contributed by atoms with Crippen molar-refractivity contribution >= 4 is 19.7 Å². The molecule has 2 nitrogen and oxygen atoms in total. The number of rotatable bonds is 3. The lowest BCUT2D eigenvalue weighted by atomic mass is 10.0. The van der Waals surface area contributed by atoms with Gasteiger partial charge in [-0.2, -0.15) is 0 Å². The molecule has 0 aliphatic carbocycles. The molecule has 1 rings (SSSR count). The molecule has 5 heteroatoms. The van der Waals surface area contributed by atoms with E-state index in [1.807, 2.05) is 13.8 Å². The molecule has 1 aromatic carbocycles. The molecule has 0 amide bonds. The predicted octanol–water partition coefficient (Wildman–Crippen LogP) is 3.02. The van der Waals surface area contributed by atoms with Gasteiger partial charge >= 0.3 is 0 Å². The zero-order valence-corrected chi connectivity index (χ0v) is 10.1. The average Bonchev–Trinajstić information content (AvgIpc) is 2.06. The summed E-state index contributed by atoms with van der Waals surface area (Å²) in [6, 6.07) is 4.46. The Kier molecular flexibility index (Phi) is 3.73. The van der Waals surface area contributed by atoms with E-state index in [0.29, 0.717) is 0 Å². The molecule has 0 unspecified atom stereocenters. The Balaban J connectivity index is 3.11.